The van der Waals surface area contributed by atoms with Crippen molar-refractivity contribution in [3.63, 3.8) is 0 Å². The lowest BCUT2D eigenvalue weighted by atomic mass is 10.1. The minimum atomic E-state index is 0.530. The average molecular weight is 221 g/mol. The second kappa shape index (κ2) is 5.16. The molecule has 1 aliphatic rings. The second-order valence-corrected chi connectivity index (χ2v) is 4.33. The third-order valence-corrected chi connectivity index (χ3v) is 3.15. The Morgan fingerprint density at radius 2 is 2.44 bits per heavy atom. The van der Waals surface area contributed by atoms with E-state index >= 15 is 0 Å². The van der Waals surface area contributed by atoms with E-state index in [1.54, 1.807) is 12.3 Å². The highest BCUT2D eigenvalue weighted by molar-refractivity contribution is 5.32. The van der Waals surface area contributed by atoms with Crippen molar-refractivity contribution in [3.8, 4) is 5.75 Å². The minimum absolute atomic E-state index is 0.530. The Kier molecular flexibility index (Phi) is 3.62. The van der Waals surface area contributed by atoms with Crippen LogP contribution in [0.2, 0.25) is 0 Å². The predicted octanol–water partition coefficient (Wildman–Crippen LogP) is 1.53. The molecule has 0 bridgehead atoms. The number of nitrogens with two attached hydrogens (primary N) is 1. The van der Waals surface area contributed by atoms with Gasteiger partial charge in [0.15, 0.2) is 0 Å². The average Bonchev–Trinajstić information content (AvgIpc) is 2.68. The fraction of sp³-hybridized carbons (Fsp3) is 0.583. The summed E-state index contributed by atoms with van der Waals surface area (Å²) < 4.78 is 5.63. The summed E-state index contributed by atoms with van der Waals surface area (Å²) in [6.07, 6.45) is 5.36. The molecule has 1 aromatic rings. The molecule has 1 atom stereocenters. The van der Waals surface area contributed by atoms with Crippen molar-refractivity contribution >= 4 is 5.82 Å². The topological polar surface area (TPSA) is 51.4 Å². The molecule has 0 aromatic carbocycles. The number of rotatable bonds is 4. The molecule has 0 amide bonds. The standard InChI is InChI=1S/C12H19N3O/c1-15-7-2-3-10(15)6-8-16-11-4-5-12(13)14-9-11/h4-5,9-10H,2-3,6-8H2,1H3,(H2,13,14). The Morgan fingerprint density at radius 1 is 1.56 bits per heavy atom. The predicted molar refractivity (Wildman–Crippen MR) is 64.4 cm³/mol. The fourth-order valence-corrected chi connectivity index (χ4v) is 2.13. The quantitative estimate of drug-likeness (QED) is 0.837. The Balaban J connectivity index is 1.73. The summed E-state index contributed by atoms with van der Waals surface area (Å²) in [5.41, 5.74) is 5.50. The molecule has 1 unspecified atom stereocenters. The summed E-state index contributed by atoms with van der Waals surface area (Å²) in [6, 6.07) is 4.30. The molecular formula is C12H19N3O. The summed E-state index contributed by atoms with van der Waals surface area (Å²) in [4.78, 5) is 6.39. The lowest BCUT2D eigenvalue weighted by Crippen LogP contribution is -2.26. The molecular weight excluding hydrogens is 202 g/mol. The maximum absolute atomic E-state index is 5.63. The molecule has 2 heterocycles. The highest BCUT2D eigenvalue weighted by atomic mass is 16.5. The van der Waals surface area contributed by atoms with Gasteiger partial charge in [0.05, 0.1) is 12.8 Å². The highest BCUT2D eigenvalue weighted by Gasteiger charge is 2.20. The van der Waals surface area contributed by atoms with E-state index in [4.69, 9.17) is 10.5 Å². The third kappa shape index (κ3) is 2.85. The van der Waals surface area contributed by atoms with Crippen LogP contribution in [-0.4, -0.2) is 36.1 Å². The normalized spacial score (nSPS) is 21.2. The molecule has 2 rings (SSSR count). The molecule has 1 aromatic heterocycles. The van der Waals surface area contributed by atoms with E-state index in [9.17, 15) is 0 Å². The largest absolute Gasteiger partial charge is 0.492 e. The van der Waals surface area contributed by atoms with Gasteiger partial charge >= 0.3 is 0 Å². The molecule has 0 radical (unpaired) electrons. The fourth-order valence-electron chi connectivity index (χ4n) is 2.13. The number of nitrogen functional groups attached to an aromatic ring is 1. The lowest BCUT2D eigenvalue weighted by molar-refractivity contribution is 0.233. The highest BCUT2D eigenvalue weighted by Crippen LogP contribution is 2.18. The maximum Gasteiger partial charge on any atom is 0.137 e. The van der Waals surface area contributed by atoms with Gasteiger partial charge in [-0.3, -0.25) is 0 Å². The van der Waals surface area contributed by atoms with Crippen molar-refractivity contribution in [2.75, 3.05) is 25.9 Å². The van der Waals surface area contributed by atoms with Crippen LogP contribution in [0, 0.1) is 0 Å². The van der Waals surface area contributed by atoms with Gasteiger partial charge in [-0.2, -0.15) is 0 Å². The number of pyridine rings is 1. The van der Waals surface area contributed by atoms with Crippen LogP contribution < -0.4 is 10.5 Å². The maximum atomic E-state index is 5.63. The zero-order valence-corrected chi connectivity index (χ0v) is 9.72. The molecule has 1 fully saturated rings. The molecule has 2 N–H and O–H groups in total. The molecule has 0 saturated carbocycles. The SMILES string of the molecule is CN1CCCC1CCOc1ccc(N)nc1. The molecule has 0 aliphatic carbocycles. The molecule has 88 valence electrons. The van der Waals surface area contributed by atoms with E-state index in [-0.39, 0.29) is 0 Å². The molecule has 16 heavy (non-hydrogen) atoms. The van der Waals surface area contributed by atoms with Crippen LogP contribution in [0.4, 0.5) is 5.82 Å². The van der Waals surface area contributed by atoms with Crippen LogP contribution in [0.5, 0.6) is 5.75 Å². The molecule has 4 heteroatoms. The number of ether oxygens (including phenoxy) is 1. The first-order valence-corrected chi connectivity index (χ1v) is 5.80. The molecule has 1 saturated heterocycles. The second-order valence-electron chi connectivity index (χ2n) is 4.33. The van der Waals surface area contributed by atoms with Crippen molar-refractivity contribution < 1.29 is 4.74 Å². The molecule has 0 spiro atoms. The molecule has 1 aliphatic heterocycles. The zero-order valence-electron chi connectivity index (χ0n) is 9.72. The first-order valence-electron chi connectivity index (χ1n) is 5.80. The van der Waals surface area contributed by atoms with Crippen molar-refractivity contribution in [1.29, 1.82) is 0 Å². The monoisotopic (exact) mass is 221 g/mol. The van der Waals surface area contributed by atoms with Crippen LogP contribution >= 0.6 is 0 Å². The summed E-state index contributed by atoms with van der Waals surface area (Å²) in [5, 5.41) is 0. The first kappa shape index (κ1) is 11.2. The van der Waals surface area contributed by atoms with Gasteiger partial charge in [0.25, 0.3) is 0 Å². The summed E-state index contributed by atoms with van der Waals surface area (Å²) in [7, 11) is 2.18. The van der Waals surface area contributed by atoms with Crippen LogP contribution in [-0.2, 0) is 0 Å². The van der Waals surface area contributed by atoms with Crippen molar-refractivity contribution in [3.05, 3.63) is 18.3 Å². The third-order valence-electron chi connectivity index (χ3n) is 3.15. The van der Waals surface area contributed by atoms with Crippen molar-refractivity contribution in [1.82, 2.24) is 9.88 Å². The minimum Gasteiger partial charge on any atom is -0.492 e. The summed E-state index contributed by atoms with van der Waals surface area (Å²) in [6.45, 7) is 1.97. The Morgan fingerprint density at radius 3 is 3.06 bits per heavy atom. The number of aromatic nitrogens is 1. The summed E-state index contributed by atoms with van der Waals surface area (Å²) >= 11 is 0. The van der Waals surface area contributed by atoms with E-state index < -0.39 is 0 Å². The number of nitrogens with zero attached hydrogens (tertiary/aromatic N) is 2. The van der Waals surface area contributed by atoms with Crippen molar-refractivity contribution in [2.24, 2.45) is 0 Å². The zero-order chi connectivity index (χ0) is 11.4. The van der Waals surface area contributed by atoms with Crippen LogP contribution in [0.15, 0.2) is 18.3 Å². The summed E-state index contributed by atoms with van der Waals surface area (Å²) in [5.74, 6) is 1.33. The van der Waals surface area contributed by atoms with Crippen molar-refractivity contribution in [2.45, 2.75) is 25.3 Å². The van der Waals surface area contributed by atoms with Crippen LogP contribution in [0.3, 0.4) is 0 Å². The van der Waals surface area contributed by atoms with E-state index in [1.807, 2.05) is 6.07 Å². The van der Waals surface area contributed by atoms with Crippen LogP contribution in [0.1, 0.15) is 19.3 Å². The smallest absolute Gasteiger partial charge is 0.137 e. The Hall–Kier alpha value is -1.29. The van der Waals surface area contributed by atoms with E-state index in [1.165, 1.54) is 19.4 Å². The Bertz CT molecular complexity index is 326. The number of anilines is 1. The van der Waals surface area contributed by atoms with E-state index in [2.05, 4.69) is 16.9 Å². The van der Waals surface area contributed by atoms with Gasteiger partial charge in [-0.15, -0.1) is 0 Å². The van der Waals surface area contributed by atoms with Crippen LogP contribution in [0.25, 0.3) is 0 Å². The van der Waals surface area contributed by atoms with Gasteiger partial charge < -0.3 is 15.4 Å². The number of hydrogen-bond donors (Lipinski definition) is 1. The van der Waals surface area contributed by atoms with Gasteiger partial charge in [-0.1, -0.05) is 0 Å². The lowest BCUT2D eigenvalue weighted by Gasteiger charge is -2.19. The van der Waals surface area contributed by atoms with Gasteiger partial charge in [-0.05, 0) is 45.0 Å². The number of hydrogen-bond acceptors (Lipinski definition) is 4. The van der Waals surface area contributed by atoms with Gasteiger partial charge in [0.1, 0.15) is 11.6 Å². The number of likely N-dealkylation sites (tertiary alicyclic amines) is 1. The Labute approximate surface area is 96.4 Å². The van der Waals surface area contributed by atoms with E-state index in [0.29, 0.717) is 11.9 Å². The molecule has 4 nitrogen and oxygen atoms in total. The van der Waals surface area contributed by atoms with E-state index in [0.717, 1.165) is 18.8 Å². The van der Waals surface area contributed by atoms with Gasteiger partial charge in [0, 0.05) is 6.04 Å². The first-order chi connectivity index (χ1) is 7.75. The van der Waals surface area contributed by atoms with Gasteiger partial charge in [-0.25, -0.2) is 4.98 Å². The van der Waals surface area contributed by atoms with Gasteiger partial charge in [0.2, 0.25) is 0 Å².